The Bertz CT molecular complexity index is 1430. The van der Waals surface area contributed by atoms with Crippen LogP contribution in [0.4, 0.5) is 0 Å². The highest BCUT2D eigenvalue weighted by atomic mass is 16.6. The highest BCUT2D eigenvalue weighted by Gasteiger charge is 2.72. The molecule has 0 aliphatic carbocycles. The van der Waals surface area contributed by atoms with Gasteiger partial charge < -0.3 is 29.3 Å². The molecule has 0 radical (unpaired) electrons. The van der Waals surface area contributed by atoms with Crippen LogP contribution in [0.3, 0.4) is 0 Å². The van der Waals surface area contributed by atoms with Gasteiger partial charge in [0.15, 0.2) is 0 Å². The maximum absolute atomic E-state index is 14.8. The molecular weight excluding hydrogens is 610 g/mol. The summed E-state index contributed by atoms with van der Waals surface area (Å²) in [5.74, 6) is -3.25. The largest absolute Gasteiger partial charge is 0.455 e. The molecule has 0 aromatic heterocycles. The predicted molar refractivity (Wildman–Crippen MR) is 181 cm³/mol. The monoisotopic (exact) mass is 663 g/mol. The number of hydrogen-bond acceptors (Lipinski definition) is 7. The van der Waals surface area contributed by atoms with E-state index < -0.39 is 53.2 Å². The summed E-state index contributed by atoms with van der Waals surface area (Å²) in [6, 6.07) is 7.84. The quantitative estimate of drug-likeness (QED) is 0.261. The maximum Gasteiger partial charge on any atom is 0.313 e. The number of esters is 1. The average Bonchev–Trinajstić information content (AvgIpc) is 3.40. The number of cyclic esters (lactones) is 1. The molecule has 4 aliphatic rings. The number of fused-ring (bicyclic) bond motifs is 2. The fraction of sp³-hybridized carbons (Fsp3) is 0.632. The Balaban J connectivity index is 1.60. The van der Waals surface area contributed by atoms with Crippen molar-refractivity contribution in [2.45, 2.75) is 109 Å². The summed E-state index contributed by atoms with van der Waals surface area (Å²) in [6.07, 6.45) is 8.09. The topological polar surface area (TPSA) is 117 Å². The number of carbonyl (C=O) groups excluding carboxylic acids is 4. The first kappa shape index (κ1) is 35.8. The number of aliphatic hydroxyl groups excluding tert-OH is 1. The van der Waals surface area contributed by atoms with Gasteiger partial charge in [0, 0.05) is 38.7 Å². The van der Waals surface area contributed by atoms with Crippen molar-refractivity contribution in [1.29, 1.82) is 0 Å². The second-order valence-corrected chi connectivity index (χ2v) is 15.7. The number of aliphatic hydroxyl groups is 1. The molecule has 3 amide bonds. The van der Waals surface area contributed by atoms with Crippen molar-refractivity contribution in [3.8, 4) is 0 Å². The van der Waals surface area contributed by atoms with Crippen LogP contribution in [0, 0.1) is 17.3 Å². The number of hydrogen-bond donors (Lipinski definition) is 1. The number of amides is 3. The molecule has 10 heteroatoms. The molecule has 0 bridgehead atoms. The Kier molecular flexibility index (Phi) is 10.3. The van der Waals surface area contributed by atoms with Gasteiger partial charge in [-0.1, -0.05) is 75.4 Å². The van der Waals surface area contributed by atoms with Gasteiger partial charge in [-0.15, -0.1) is 0 Å². The molecular formula is C38H53N3O7. The lowest BCUT2D eigenvalue weighted by Gasteiger charge is -2.44. The zero-order valence-corrected chi connectivity index (χ0v) is 29.6. The molecule has 4 heterocycles. The highest BCUT2D eigenvalue weighted by molar-refractivity contribution is 5.99. The number of rotatable bonds is 7. The van der Waals surface area contributed by atoms with Crippen LogP contribution in [0.15, 0.2) is 54.6 Å². The number of unbranched alkanes of at least 4 members (excludes halogenated alkanes) is 1. The first-order valence-corrected chi connectivity index (χ1v) is 17.4. The van der Waals surface area contributed by atoms with Gasteiger partial charge in [0.05, 0.1) is 18.1 Å². The first-order chi connectivity index (χ1) is 22.6. The van der Waals surface area contributed by atoms with Crippen LogP contribution in [0.25, 0.3) is 0 Å². The Morgan fingerprint density at radius 1 is 0.979 bits per heavy atom. The van der Waals surface area contributed by atoms with Crippen molar-refractivity contribution in [1.82, 2.24) is 14.7 Å². The zero-order chi connectivity index (χ0) is 35.0. The van der Waals surface area contributed by atoms with E-state index in [2.05, 4.69) is 34.6 Å². The third-order valence-corrected chi connectivity index (χ3v) is 10.4. The molecule has 0 saturated carbocycles. The standard InChI is InChI=1S/C38H53N3O7/c1-25-31(26-16-9-8-10-17-26)47-35(46)29-27(18-11-12-19-28(43)39(25)7)48-38-20-15-22-41(37(5,6)24-36(2,3)4)34(45)32(38)40(21-13-14-23-42)33(44)30(29)38/h8-11,15-18,20,25,27,29-32,42H,12-14,19,21-24H2,1-7H3/b18-11-/t25-,27-,29+,30+,31+,32-,38+/m1/s1. The molecule has 262 valence electrons. The minimum absolute atomic E-state index is 0.0335. The lowest BCUT2D eigenvalue weighted by Crippen LogP contribution is -2.59. The number of nitrogens with zero attached hydrogens (tertiary/aromatic N) is 3. The Morgan fingerprint density at radius 2 is 1.69 bits per heavy atom. The summed E-state index contributed by atoms with van der Waals surface area (Å²) in [5, 5.41) is 9.56. The summed E-state index contributed by atoms with van der Waals surface area (Å²) in [5.41, 5.74) is -1.27. The van der Waals surface area contributed by atoms with E-state index in [1.165, 1.54) is 0 Å². The fourth-order valence-corrected chi connectivity index (χ4v) is 8.46. The van der Waals surface area contributed by atoms with Crippen LogP contribution < -0.4 is 0 Å². The van der Waals surface area contributed by atoms with Crippen LogP contribution in [-0.4, -0.2) is 99.6 Å². The molecule has 0 unspecified atom stereocenters. The third kappa shape index (κ3) is 6.70. The molecule has 1 spiro atoms. The number of carbonyl (C=O) groups is 4. The SMILES string of the molecule is C[C@@H]1[C@@H](c2ccccc2)OC(=O)[C@@H]2[C@H]3C(=O)N(CCCCO)[C@@H]4C(=O)N(C(C)(C)CC(C)(C)C)CC=C[C@]34O[C@@H]2/C=C\CCC(=O)N1C. The predicted octanol–water partition coefficient (Wildman–Crippen LogP) is 4.43. The second-order valence-electron chi connectivity index (χ2n) is 15.7. The lowest BCUT2D eigenvalue weighted by molar-refractivity contribution is -0.164. The van der Waals surface area contributed by atoms with Crippen molar-refractivity contribution in [3.05, 3.63) is 60.2 Å². The van der Waals surface area contributed by atoms with E-state index in [-0.39, 0.29) is 42.7 Å². The van der Waals surface area contributed by atoms with E-state index in [1.54, 1.807) is 22.9 Å². The smallest absolute Gasteiger partial charge is 0.313 e. The fourth-order valence-electron chi connectivity index (χ4n) is 8.46. The minimum atomic E-state index is -1.40. The Hall–Kier alpha value is -3.50. The van der Waals surface area contributed by atoms with E-state index in [4.69, 9.17) is 9.47 Å². The van der Waals surface area contributed by atoms with E-state index in [9.17, 15) is 24.3 Å². The van der Waals surface area contributed by atoms with Crippen molar-refractivity contribution < 1.29 is 33.8 Å². The molecule has 2 saturated heterocycles. The molecule has 1 aromatic carbocycles. The van der Waals surface area contributed by atoms with Crippen LogP contribution in [0.5, 0.6) is 0 Å². The highest BCUT2D eigenvalue weighted by Crippen LogP contribution is 2.54. The van der Waals surface area contributed by atoms with E-state index in [0.29, 0.717) is 25.8 Å². The molecule has 1 N–H and O–H groups in total. The van der Waals surface area contributed by atoms with E-state index in [0.717, 1.165) is 12.0 Å². The lowest BCUT2D eigenvalue weighted by atomic mass is 9.77. The van der Waals surface area contributed by atoms with Crippen molar-refractivity contribution in [3.63, 3.8) is 0 Å². The third-order valence-electron chi connectivity index (χ3n) is 10.4. The number of allylic oxidation sites excluding steroid dienone is 1. The Labute approximate surface area is 285 Å². The summed E-state index contributed by atoms with van der Waals surface area (Å²) >= 11 is 0. The van der Waals surface area contributed by atoms with Gasteiger partial charge in [-0.3, -0.25) is 19.2 Å². The van der Waals surface area contributed by atoms with Gasteiger partial charge in [0.2, 0.25) is 17.7 Å². The summed E-state index contributed by atoms with van der Waals surface area (Å²) < 4.78 is 13.2. The van der Waals surface area contributed by atoms with Gasteiger partial charge in [-0.25, -0.2) is 0 Å². The summed E-state index contributed by atoms with van der Waals surface area (Å²) in [7, 11) is 1.72. The van der Waals surface area contributed by atoms with Crippen LogP contribution in [-0.2, 0) is 28.7 Å². The van der Waals surface area contributed by atoms with Gasteiger partial charge in [-0.05, 0) is 57.4 Å². The van der Waals surface area contributed by atoms with E-state index >= 15 is 0 Å². The zero-order valence-electron chi connectivity index (χ0n) is 29.6. The average molecular weight is 664 g/mol. The first-order valence-electron chi connectivity index (χ1n) is 17.4. The number of benzene rings is 1. The van der Waals surface area contributed by atoms with Crippen LogP contribution >= 0.6 is 0 Å². The number of ether oxygens (including phenoxy) is 2. The van der Waals surface area contributed by atoms with Crippen molar-refractivity contribution >= 4 is 23.7 Å². The van der Waals surface area contributed by atoms with Gasteiger partial charge in [-0.2, -0.15) is 0 Å². The maximum atomic E-state index is 14.8. The number of likely N-dealkylation sites (N-methyl/N-ethyl adjacent to an activating group) is 1. The molecule has 48 heavy (non-hydrogen) atoms. The summed E-state index contributed by atoms with van der Waals surface area (Å²) in [4.78, 5) is 62.2. The molecule has 1 aromatic rings. The normalized spacial score (nSPS) is 32.2. The minimum Gasteiger partial charge on any atom is -0.455 e. The molecule has 2 fully saturated rings. The molecule has 5 rings (SSSR count). The van der Waals surface area contributed by atoms with Gasteiger partial charge in [0.1, 0.15) is 23.7 Å². The van der Waals surface area contributed by atoms with E-state index in [1.807, 2.05) is 60.4 Å². The van der Waals surface area contributed by atoms with Crippen molar-refractivity contribution in [2.75, 3.05) is 26.7 Å². The molecule has 4 aliphatic heterocycles. The molecule has 10 nitrogen and oxygen atoms in total. The van der Waals surface area contributed by atoms with Crippen molar-refractivity contribution in [2.24, 2.45) is 17.3 Å². The van der Waals surface area contributed by atoms with Gasteiger partial charge in [0.25, 0.3) is 0 Å². The van der Waals surface area contributed by atoms with Gasteiger partial charge >= 0.3 is 5.97 Å². The van der Waals surface area contributed by atoms with Crippen LogP contribution in [0.1, 0.15) is 85.3 Å². The summed E-state index contributed by atoms with van der Waals surface area (Å²) in [6.45, 7) is 12.9. The molecule has 7 atom stereocenters. The number of likely N-dealkylation sites (tertiary alicyclic amines) is 1. The van der Waals surface area contributed by atoms with Crippen LogP contribution in [0.2, 0.25) is 0 Å². The Morgan fingerprint density at radius 3 is 2.35 bits per heavy atom. The second kappa shape index (κ2) is 13.8.